The predicted octanol–water partition coefficient (Wildman–Crippen LogP) is 4.55. The van der Waals surface area contributed by atoms with E-state index in [1.54, 1.807) is 16.8 Å². The highest BCUT2D eigenvalue weighted by Gasteiger charge is 2.24. The van der Waals surface area contributed by atoms with E-state index in [0.717, 1.165) is 45.6 Å². The largest absolute Gasteiger partial charge is 0.490 e. The third-order valence-electron chi connectivity index (χ3n) is 4.53. The Hall–Kier alpha value is -3.58. The van der Waals surface area contributed by atoms with Crippen LogP contribution < -0.4 is 10.1 Å². The average molecular weight is 417 g/mol. The summed E-state index contributed by atoms with van der Waals surface area (Å²) in [7, 11) is 0. The number of carbonyl (C=O) groups excluding carboxylic acids is 1. The minimum absolute atomic E-state index is 0.128. The molecule has 2 aromatic carbocycles. The molecule has 0 bridgehead atoms. The molecule has 0 saturated carbocycles. The second kappa shape index (κ2) is 8.42. The summed E-state index contributed by atoms with van der Waals surface area (Å²) in [5.74, 6) is 0.492. The van der Waals surface area contributed by atoms with E-state index >= 15 is 0 Å². The van der Waals surface area contributed by atoms with Crippen molar-refractivity contribution in [1.29, 1.82) is 5.41 Å². The molecule has 0 radical (unpaired) electrons. The SMILES string of the molecule is C=CCOc1ccc(-c2nn(-c3ccccc3)cc2/C=C2\SC(=N)NC2=O)c(C)c1. The number of aryl methyl sites for hydroxylation is 1. The van der Waals surface area contributed by atoms with Crippen LogP contribution >= 0.6 is 11.8 Å². The Bertz CT molecular complexity index is 1170. The molecule has 4 rings (SSSR count). The van der Waals surface area contributed by atoms with Gasteiger partial charge in [0.25, 0.3) is 5.91 Å². The normalized spacial score (nSPS) is 14.8. The van der Waals surface area contributed by atoms with Crippen LogP contribution in [0.4, 0.5) is 0 Å². The fraction of sp³-hybridized carbons (Fsp3) is 0.0870. The zero-order valence-corrected chi connectivity index (χ0v) is 17.2. The lowest BCUT2D eigenvalue weighted by Crippen LogP contribution is -2.18. The first-order valence-corrected chi connectivity index (χ1v) is 10.2. The minimum Gasteiger partial charge on any atom is -0.490 e. The van der Waals surface area contributed by atoms with Crippen molar-refractivity contribution in [2.45, 2.75) is 6.92 Å². The number of hydrogen-bond donors (Lipinski definition) is 2. The van der Waals surface area contributed by atoms with Gasteiger partial charge in [-0.15, -0.1) is 0 Å². The Morgan fingerprint density at radius 2 is 2.07 bits per heavy atom. The van der Waals surface area contributed by atoms with Crippen LogP contribution in [0.1, 0.15) is 11.1 Å². The number of rotatable bonds is 6. The second-order valence-corrected chi connectivity index (χ2v) is 7.74. The molecular formula is C23H20N4O2S. The molecule has 2 N–H and O–H groups in total. The standard InChI is InChI=1S/C23H20N4O2S/c1-3-11-29-18-9-10-19(15(2)12-18)21-16(13-20-22(28)25-23(24)30-20)14-27(26-21)17-7-5-4-6-8-17/h3-10,12-14H,1,11H2,2H3,(H2,24,25,28)/b20-13-. The van der Waals surface area contributed by atoms with Gasteiger partial charge in [0.2, 0.25) is 0 Å². The molecular weight excluding hydrogens is 396 g/mol. The molecule has 7 heteroatoms. The van der Waals surface area contributed by atoms with E-state index in [4.69, 9.17) is 15.2 Å². The van der Waals surface area contributed by atoms with Gasteiger partial charge in [-0.3, -0.25) is 10.2 Å². The van der Waals surface area contributed by atoms with Gasteiger partial charge in [-0.25, -0.2) is 4.68 Å². The third kappa shape index (κ3) is 4.06. The molecule has 1 aromatic heterocycles. The lowest BCUT2D eigenvalue weighted by atomic mass is 10.0. The Morgan fingerprint density at radius 3 is 2.73 bits per heavy atom. The molecule has 1 amide bonds. The smallest absolute Gasteiger partial charge is 0.264 e. The number of amides is 1. The van der Waals surface area contributed by atoms with Gasteiger partial charge in [-0.05, 0) is 60.7 Å². The molecule has 1 saturated heterocycles. The highest BCUT2D eigenvalue weighted by atomic mass is 32.2. The Labute approximate surface area is 178 Å². The summed E-state index contributed by atoms with van der Waals surface area (Å²) in [5, 5.41) is 15.1. The maximum Gasteiger partial charge on any atom is 0.264 e. The lowest BCUT2D eigenvalue weighted by Gasteiger charge is -2.08. The molecule has 1 aliphatic heterocycles. The fourth-order valence-electron chi connectivity index (χ4n) is 3.14. The summed E-state index contributed by atoms with van der Waals surface area (Å²) < 4.78 is 7.43. The van der Waals surface area contributed by atoms with Crippen molar-refractivity contribution in [1.82, 2.24) is 15.1 Å². The van der Waals surface area contributed by atoms with E-state index in [2.05, 4.69) is 11.9 Å². The van der Waals surface area contributed by atoms with Gasteiger partial charge in [0, 0.05) is 17.3 Å². The van der Waals surface area contributed by atoms with Gasteiger partial charge >= 0.3 is 0 Å². The van der Waals surface area contributed by atoms with Crippen LogP contribution in [0.15, 0.2) is 72.3 Å². The minimum atomic E-state index is -0.270. The van der Waals surface area contributed by atoms with E-state index in [1.807, 2.05) is 61.7 Å². The molecule has 150 valence electrons. The summed E-state index contributed by atoms with van der Waals surface area (Å²) in [6.45, 7) is 6.12. The topological polar surface area (TPSA) is 80.0 Å². The summed E-state index contributed by atoms with van der Waals surface area (Å²) >= 11 is 1.11. The third-order valence-corrected chi connectivity index (χ3v) is 5.36. The number of amidine groups is 1. The van der Waals surface area contributed by atoms with Crippen molar-refractivity contribution in [2.24, 2.45) is 0 Å². The number of aromatic nitrogens is 2. The van der Waals surface area contributed by atoms with E-state index in [1.165, 1.54) is 0 Å². The Kier molecular flexibility index (Phi) is 5.54. The molecule has 0 spiro atoms. The van der Waals surface area contributed by atoms with Crippen molar-refractivity contribution in [3.05, 3.63) is 83.4 Å². The van der Waals surface area contributed by atoms with Crippen molar-refractivity contribution in [3.8, 4) is 22.7 Å². The van der Waals surface area contributed by atoms with Crippen LogP contribution in [0.25, 0.3) is 23.0 Å². The van der Waals surface area contributed by atoms with E-state index in [0.29, 0.717) is 11.5 Å². The number of nitrogens with zero attached hydrogens (tertiary/aromatic N) is 2. The number of nitrogens with one attached hydrogen (secondary N) is 2. The number of para-hydroxylation sites is 1. The van der Waals surface area contributed by atoms with Gasteiger partial charge in [-0.2, -0.15) is 5.10 Å². The van der Waals surface area contributed by atoms with Crippen LogP contribution in [0.3, 0.4) is 0 Å². The van der Waals surface area contributed by atoms with Gasteiger partial charge in [0.1, 0.15) is 18.1 Å². The van der Waals surface area contributed by atoms with E-state index in [9.17, 15) is 4.79 Å². The summed E-state index contributed by atoms with van der Waals surface area (Å²) in [6, 6.07) is 15.6. The highest BCUT2D eigenvalue weighted by Crippen LogP contribution is 2.33. The molecule has 30 heavy (non-hydrogen) atoms. The van der Waals surface area contributed by atoms with Gasteiger partial charge in [-0.1, -0.05) is 30.9 Å². The maximum absolute atomic E-state index is 12.1. The molecule has 0 unspecified atom stereocenters. The van der Waals surface area contributed by atoms with Crippen molar-refractivity contribution >= 4 is 28.9 Å². The highest BCUT2D eigenvalue weighted by molar-refractivity contribution is 8.18. The number of thioether (sulfide) groups is 1. The van der Waals surface area contributed by atoms with E-state index < -0.39 is 0 Å². The molecule has 1 fully saturated rings. The van der Waals surface area contributed by atoms with Crippen molar-refractivity contribution < 1.29 is 9.53 Å². The molecule has 0 aliphatic carbocycles. The summed E-state index contributed by atoms with van der Waals surface area (Å²) in [6.07, 6.45) is 5.39. The van der Waals surface area contributed by atoms with Gasteiger partial charge in [0.15, 0.2) is 5.17 Å². The zero-order valence-electron chi connectivity index (χ0n) is 16.4. The maximum atomic E-state index is 12.1. The lowest BCUT2D eigenvalue weighted by molar-refractivity contribution is -0.115. The molecule has 2 heterocycles. The fourth-order valence-corrected chi connectivity index (χ4v) is 3.84. The molecule has 3 aromatic rings. The Morgan fingerprint density at radius 1 is 1.27 bits per heavy atom. The molecule has 1 aliphatic rings. The first-order valence-electron chi connectivity index (χ1n) is 9.34. The number of hydrogen-bond acceptors (Lipinski definition) is 5. The number of ether oxygens (including phenoxy) is 1. The van der Waals surface area contributed by atoms with E-state index in [-0.39, 0.29) is 11.1 Å². The Balaban J connectivity index is 1.81. The van der Waals surface area contributed by atoms with Crippen LogP contribution in [0, 0.1) is 12.3 Å². The molecule has 6 nitrogen and oxygen atoms in total. The predicted molar refractivity (Wildman–Crippen MR) is 121 cm³/mol. The summed E-state index contributed by atoms with van der Waals surface area (Å²) in [4.78, 5) is 12.6. The molecule has 0 atom stereocenters. The monoisotopic (exact) mass is 416 g/mol. The number of carbonyl (C=O) groups is 1. The quantitative estimate of drug-likeness (QED) is 0.456. The first kappa shape index (κ1) is 19.7. The second-order valence-electron chi connectivity index (χ2n) is 6.68. The van der Waals surface area contributed by atoms with Crippen LogP contribution in [-0.2, 0) is 4.79 Å². The first-order chi connectivity index (χ1) is 14.5. The van der Waals surface area contributed by atoms with Crippen LogP contribution in [0.2, 0.25) is 0 Å². The zero-order chi connectivity index (χ0) is 21.1. The average Bonchev–Trinajstić information content (AvgIpc) is 3.30. The van der Waals surface area contributed by atoms with Crippen LogP contribution in [0.5, 0.6) is 5.75 Å². The van der Waals surface area contributed by atoms with Gasteiger partial charge < -0.3 is 10.1 Å². The summed E-state index contributed by atoms with van der Waals surface area (Å²) in [5.41, 5.74) is 4.43. The van der Waals surface area contributed by atoms with Crippen molar-refractivity contribution in [3.63, 3.8) is 0 Å². The van der Waals surface area contributed by atoms with Gasteiger partial charge in [0.05, 0.1) is 10.6 Å². The van der Waals surface area contributed by atoms with Crippen molar-refractivity contribution in [2.75, 3.05) is 6.61 Å². The van der Waals surface area contributed by atoms with Crippen LogP contribution in [-0.4, -0.2) is 27.5 Å². The number of benzene rings is 2.